The molecular formula is C14H19N3O4. The SMILES string of the molecule is CC1CC(CN)CN1c1cc2c(cc1[N+](=O)[O-])OCCO2. The number of nitrogens with zero attached hydrogens (tertiary/aromatic N) is 2. The molecule has 7 nitrogen and oxygen atoms in total. The Morgan fingerprint density at radius 1 is 1.38 bits per heavy atom. The Balaban J connectivity index is 2.02. The van der Waals surface area contributed by atoms with Gasteiger partial charge in [-0.3, -0.25) is 10.1 Å². The molecule has 2 heterocycles. The zero-order valence-corrected chi connectivity index (χ0v) is 11.9. The van der Waals surface area contributed by atoms with Crippen LogP contribution < -0.4 is 20.1 Å². The van der Waals surface area contributed by atoms with Crippen LogP contribution in [-0.4, -0.2) is 37.3 Å². The maximum Gasteiger partial charge on any atom is 0.296 e. The minimum atomic E-state index is -0.365. The van der Waals surface area contributed by atoms with Gasteiger partial charge < -0.3 is 20.1 Å². The van der Waals surface area contributed by atoms with Crippen LogP contribution >= 0.6 is 0 Å². The summed E-state index contributed by atoms with van der Waals surface area (Å²) in [5.74, 6) is 1.39. The molecule has 1 aromatic rings. The zero-order valence-electron chi connectivity index (χ0n) is 11.9. The Labute approximate surface area is 122 Å². The number of benzene rings is 1. The van der Waals surface area contributed by atoms with E-state index >= 15 is 0 Å². The second kappa shape index (κ2) is 5.40. The number of rotatable bonds is 3. The molecule has 2 N–H and O–H groups in total. The van der Waals surface area contributed by atoms with E-state index in [4.69, 9.17) is 15.2 Å². The Hall–Kier alpha value is -2.02. The molecule has 0 aromatic heterocycles. The van der Waals surface area contributed by atoms with Crippen molar-refractivity contribution in [3.63, 3.8) is 0 Å². The lowest BCUT2D eigenvalue weighted by molar-refractivity contribution is -0.384. The van der Waals surface area contributed by atoms with Gasteiger partial charge in [0.1, 0.15) is 18.9 Å². The first-order valence-electron chi connectivity index (χ1n) is 7.15. The highest BCUT2D eigenvalue weighted by Gasteiger charge is 2.34. The van der Waals surface area contributed by atoms with Crippen LogP contribution in [0, 0.1) is 16.0 Å². The van der Waals surface area contributed by atoms with Crippen LogP contribution in [-0.2, 0) is 0 Å². The lowest BCUT2D eigenvalue weighted by atomic mass is 10.1. The van der Waals surface area contributed by atoms with Crippen molar-refractivity contribution in [3.05, 3.63) is 22.2 Å². The van der Waals surface area contributed by atoms with Crippen LogP contribution in [0.5, 0.6) is 11.5 Å². The average Bonchev–Trinajstić information content (AvgIpc) is 2.87. The van der Waals surface area contributed by atoms with Crippen LogP contribution in [0.25, 0.3) is 0 Å². The van der Waals surface area contributed by atoms with E-state index in [1.807, 2.05) is 4.90 Å². The van der Waals surface area contributed by atoms with E-state index in [1.54, 1.807) is 6.07 Å². The van der Waals surface area contributed by atoms with Gasteiger partial charge in [-0.15, -0.1) is 0 Å². The number of nitrogens with two attached hydrogens (primary N) is 1. The summed E-state index contributed by atoms with van der Waals surface area (Å²) in [7, 11) is 0. The summed E-state index contributed by atoms with van der Waals surface area (Å²) < 4.78 is 11.0. The fraction of sp³-hybridized carbons (Fsp3) is 0.571. The van der Waals surface area contributed by atoms with Crippen molar-refractivity contribution in [3.8, 4) is 11.5 Å². The molecule has 0 amide bonds. The molecular weight excluding hydrogens is 274 g/mol. The van der Waals surface area contributed by atoms with Gasteiger partial charge in [0, 0.05) is 18.7 Å². The molecule has 0 aliphatic carbocycles. The lowest BCUT2D eigenvalue weighted by Crippen LogP contribution is -2.28. The average molecular weight is 293 g/mol. The summed E-state index contributed by atoms with van der Waals surface area (Å²) in [4.78, 5) is 13.1. The molecule has 1 aromatic carbocycles. The van der Waals surface area contributed by atoms with Crippen molar-refractivity contribution in [2.75, 3.05) is 31.2 Å². The second-order valence-corrected chi connectivity index (χ2v) is 5.58. The zero-order chi connectivity index (χ0) is 15.0. The summed E-state index contributed by atoms with van der Waals surface area (Å²) in [6, 6.07) is 3.41. The first kappa shape index (κ1) is 13.9. The molecule has 0 saturated carbocycles. The van der Waals surface area contributed by atoms with E-state index in [0.29, 0.717) is 42.9 Å². The van der Waals surface area contributed by atoms with Crippen molar-refractivity contribution in [2.45, 2.75) is 19.4 Å². The van der Waals surface area contributed by atoms with Crippen molar-refractivity contribution < 1.29 is 14.4 Å². The Bertz CT molecular complexity index is 563. The summed E-state index contributed by atoms with van der Waals surface area (Å²) in [5, 5.41) is 11.4. The van der Waals surface area contributed by atoms with Crippen LogP contribution in [0.4, 0.5) is 11.4 Å². The Morgan fingerprint density at radius 2 is 2.05 bits per heavy atom. The summed E-state index contributed by atoms with van der Waals surface area (Å²) in [6.07, 6.45) is 0.947. The summed E-state index contributed by atoms with van der Waals surface area (Å²) in [6.45, 7) is 4.28. The molecule has 2 unspecified atom stereocenters. The fourth-order valence-electron chi connectivity index (χ4n) is 3.09. The minimum absolute atomic E-state index is 0.0590. The largest absolute Gasteiger partial charge is 0.486 e. The third kappa shape index (κ3) is 2.49. The summed E-state index contributed by atoms with van der Waals surface area (Å²) in [5.41, 5.74) is 6.39. The summed E-state index contributed by atoms with van der Waals surface area (Å²) >= 11 is 0. The van der Waals surface area contributed by atoms with Crippen LogP contribution in [0.1, 0.15) is 13.3 Å². The van der Waals surface area contributed by atoms with Crippen LogP contribution in [0.2, 0.25) is 0 Å². The van der Waals surface area contributed by atoms with Crippen molar-refractivity contribution in [2.24, 2.45) is 11.7 Å². The van der Waals surface area contributed by atoms with E-state index in [2.05, 4.69) is 6.92 Å². The van der Waals surface area contributed by atoms with Gasteiger partial charge in [-0.25, -0.2) is 0 Å². The van der Waals surface area contributed by atoms with E-state index < -0.39 is 0 Å². The maximum absolute atomic E-state index is 11.4. The predicted molar refractivity (Wildman–Crippen MR) is 78.1 cm³/mol. The minimum Gasteiger partial charge on any atom is -0.486 e. The molecule has 0 radical (unpaired) electrons. The highest BCUT2D eigenvalue weighted by molar-refractivity contribution is 5.70. The normalized spacial score (nSPS) is 24.2. The number of anilines is 1. The second-order valence-electron chi connectivity index (χ2n) is 5.58. The number of nitro groups is 1. The van der Waals surface area contributed by atoms with E-state index in [0.717, 1.165) is 13.0 Å². The molecule has 1 fully saturated rings. The molecule has 7 heteroatoms. The van der Waals surface area contributed by atoms with Gasteiger partial charge in [-0.2, -0.15) is 0 Å². The molecule has 2 aliphatic heterocycles. The van der Waals surface area contributed by atoms with Gasteiger partial charge in [0.15, 0.2) is 11.5 Å². The van der Waals surface area contributed by atoms with Gasteiger partial charge in [0.05, 0.1) is 11.0 Å². The monoisotopic (exact) mass is 293 g/mol. The van der Waals surface area contributed by atoms with Crippen molar-refractivity contribution in [1.29, 1.82) is 0 Å². The van der Waals surface area contributed by atoms with E-state index in [-0.39, 0.29) is 16.7 Å². The molecule has 1 saturated heterocycles. The number of hydrogen-bond acceptors (Lipinski definition) is 6. The lowest BCUT2D eigenvalue weighted by Gasteiger charge is -2.26. The predicted octanol–water partition coefficient (Wildman–Crippen LogP) is 1.54. The smallest absolute Gasteiger partial charge is 0.296 e. The third-order valence-electron chi connectivity index (χ3n) is 4.14. The maximum atomic E-state index is 11.4. The molecule has 2 atom stereocenters. The fourth-order valence-corrected chi connectivity index (χ4v) is 3.09. The van der Waals surface area contributed by atoms with Crippen LogP contribution in [0.3, 0.4) is 0 Å². The number of fused-ring (bicyclic) bond motifs is 1. The van der Waals surface area contributed by atoms with Crippen LogP contribution in [0.15, 0.2) is 12.1 Å². The molecule has 114 valence electrons. The number of hydrogen-bond donors (Lipinski definition) is 1. The highest BCUT2D eigenvalue weighted by atomic mass is 16.6. The third-order valence-corrected chi connectivity index (χ3v) is 4.14. The Kier molecular flexibility index (Phi) is 3.59. The molecule has 2 aliphatic rings. The highest BCUT2D eigenvalue weighted by Crippen LogP contribution is 2.43. The molecule has 3 rings (SSSR count). The standard InChI is InChI=1S/C14H19N3O4/c1-9-4-10(7-15)8-16(9)11-5-13-14(21-3-2-20-13)6-12(11)17(18)19/h5-6,9-10H,2-4,7-8,15H2,1H3. The first-order chi connectivity index (χ1) is 10.1. The quantitative estimate of drug-likeness (QED) is 0.671. The van der Waals surface area contributed by atoms with Crippen molar-refractivity contribution in [1.82, 2.24) is 0 Å². The van der Waals surface area contributed by atoms with E-state index in [1.165, 1.54) is 6.07 Å². The topological polar surface area (TPSA) is 90.9 Å². The number of ether oxygens (including phenoxy) is 2. The van der Waals surface area contributed by atoms with Gasteiger partial charge in [-0.05, 0) is 25.8 Å². The van der Waals surface area contributed by atoms with Gasteiger partial charge >= 0.3 is 0 Å². The van der Waals surface area contributed by atoms with Gasteiger partial charge in [-0.1, -0.05) is 0 Å². The Morgan fingerprint density at radius 3 is 2.62 bits per heavy atom. The molecule has 0 spiro atoms. The van der Waals surface area contributed by atoms with Gasteiger partial charge in [0.25, 0.3) is 5.69 Å². The molecule has 21 heavy (non-hydrogen) atoms. The molecule has 0 bridgehead atoms. The number of nitro benzene ring substituents is 1. The van der Waals surface area contributed by atoms with Gasteiger partial charge in [0.2, 0.25) is 0 Å². The van der Waals surface area contributed by atoms with Crippen molar-refractivity contribution >= 4 is 11.4 Å². The first-order valence-corrected chi connectivity index (χ1v) is 7.15. The van der Waals surface area contributed by atoms with E-state index in [9.17, 15) is 10.1 Å².